The summed E-state index contributed by atoms with van der Waals surface area (Å²) in [7, 11) is 0. The molecule has 0 aromatic heterocycles. The van der Waals surface area contributed by atoms with Gasteiger partial charge in [0.15, 0.2) is 0 Å². The smallest absolute Gasteiger partial charge is 0.258 e. The lowest BCUT2D eigenvalue weighted by molar-refractivity contribution is -0.384. The van der Waals surface area contributed by atoms with E-state index in [-0.39, 0.29) is 10.6 Å². The first kappa shape index (κ1) is 14.2. The number of nitro groups is 1. The molecule has 0 bridgehead atoms. The lowest BCUT2D eigenvalue weighted by Crippen LogP contribution is -1.92. The summed E-state index contributed by atoms with van der Waals surface area (Å²) >= 11 is 6.97. The van der Waals surface area contributed by atoms with Crippen molar-refractivity contribution >= 4 is 37.5 Å². The Labute approximate surface area is 128 Å². The van der Waals surface area contributed by atoms with Crippen molar-refractivity contribution in [2.24, 2.45) is 0 Å². The summed E-state index contributed by atoms with van der Waals surface area (Å²) in [4.78, 5) is 10.2. The van der Waals surface area contributed by atoms with Crippen molar-refractivity contribution in [2.45, 2.75) is 11.8 Å². The molecule has 98 valence electrons. The highest BCUT2D eigenvalue weighted by Gasteiger charge is 2.06. The fourth-order valence-corrected chi connectivity index (χ4v) is 2.69. The molecule has 0 saturated heterocycles. The minimum atomic E-state index is -0.384. The quantitative estimate of drug-likeness (QED) is 0.430. The second kappa shape index (κ2) is 6.30. The van der Waals surface area contributed by atoms with E-state index in [2.05, 4.69) is 50.1 Å². The Balaban J connectivity index is 2.19. The Morgan fingerprint density at radius 2 is 1.68 bits per heavy atom. The molecular weight excluding hydrogens is 374 g/mol. The molecule has 0 atom stereocenters. The van der Waals surface area contributed by atoms with Gasteiger partial charge in [0.1, 0.15) is 0 Å². The number of non-ortho nitro benzene ring substituents is 1. The van der Waals surface area contributed by atoms with Crippen LogP contribution in [0.15, 0.2) is 46.9 Å². The van der Waals surface area contributed by atoms with Crippen molar-refractivity contribution in [3.8, 4) is 0 Å². The summed E-state index contributed by atoms with van der Waals surface area (Å²) < 4.78 is 1.06. The highest BCUT2D eigenvalue weighted by molar-refractivity contribution is 9.10. The Hall–Kier alpha value is -1.20. The molecule has 0 heterocycles. The summed E-state index contributed by atoms with van der Waals surface area (Å²) in [6.07, 6.45) is 0.751. The van der Waals surface area contributed by atoms with Gasteiger partial charge in [0.2, 0.25) is 0 Å². The largest absolute Gasteiger partial charge is 0.269 e. The fourth-order valence-electron chi connectivity index (χ4n) is 1.77. The Morgan fingerprint density at radius 1 is 1.05 bits per heavy atom. The minimum Gasteiger partial charge on any atom is -0.258 e. The van der Waals surface area contributed by atoms with Crippen LogP contribution in [0.5, 0.6) is 0 Å². The van der Waals surface area contributed by atoms with E-state index in [0.29, 0.717) is 0 Å². The molecule has 0 N–H and O–H groups in total. The second-order valence-corrected chi connectivity index (χ2v) is 5.57. The number of nitrogens with zero attached hydrogens (tertiary/aromatic N) is 1. The minimum absolute atomic E-state index is 0.123. The molecule has 3 nitrogen and oxygen atoms in total. The van der Waals surface area contributed by atoms with Crippen molar-refractivity contribution < 1.29 is 4.92 Å². The van der Waals surface area contributed by atoms with Crippen molar-refractivity contribution in [1.29, 1.82) is 0 Å². The van der Waals surface area contributed by atoms with Crippen molar-refractivity contribution in [2.75, 3.05) is 0 Å². The maximum atomic E-state index is 10.6. The van der Waals surface area contributed by atoms with Gasteiger partial charge in [0.25, 0.3) is 5.69 Å². The fraction of sp³-hybridized carbons (Fsp3) is 0.143. The normalized spacial score (nSPS) is 10.4. The maximum absolute atomic E-state index is 10.6. The highest BCUT2D eigenvalue weighted by atomic mass is 79.9. The van der Waals surface area contributed by atoms with E-state index >= 15 is 0 Å². The van der Waals surface area contributed by atoms with Crippen molar-refractivity contribution in [3.63, 3.8) is 0 Å². The van der Waals surface area contributed by atoms with Crippen LogP contribution in [-0.2, 0) is 11.8 Å². The third-order valence-corrected chi connectivity index (χ3v) is 4.20. The molecule has 2 aromatic carbocycles. The molecular formula is C14H11Br2NO2. The monoisotopic (exact) mass is 383 g/mol. The molecule has 5 heteroatoms. The van der Waals surface area contributed by atoms with E-state index in [0.717, 1.165) is 21.8 Å². The van der Waals surface area contributed by atoms with Crippen molar-refractivity contribution in [1.82, 2.24) is 0 Å². The number of alkyl halides is 1. The van der Waals surface area contributed by atoms with E-state index in [4.69, 9.17) is 0 Å². The molecule has 0 amide bonds. The topological polar surface area (TPSA) is 43.1 Å². The van der Waals surface area contributed by atoms with Gasteiger partial charge in [-0.15, -0.1) is 0 Å². The van der Waals surface area contributed by atoms with E-state index in [9.17, 15) is 10.1 Å². The van der Waals surface area contributed by atoms with Gasteiger partial charge in [-0.1, -0.05) is 56.1 Å². The molecule has 2 aromatic rings. The number of rotatable bonds is 4. The highest BCUT2D eigenvalue weighted by Crippen LogP contribution is 2.23. The van der Waals surface area contributed by atoms with E-state index in [1.807, 2.05) is 0 Å². The first-order chi connectivity index (χ1) is 9.10. The van der Waals surface area contributed by atoms with Gasteiger partial charge >= 0.3 is 0 Å². The molecule has 0 spiro atoms. The molecule has 0 saturated carbocycles. The van der Waals surface area contributed by atoms with E-state index < -0.39 is 0 Å². The Kier molecular flexibility index (Phi) is 4.71. The zero-order valence-electron chi connectivity index (χ0n) is 9.98. The summed E-state index contributed by atoms with van der Waals surface area (Å²) in [6, 6.07) is 12.9. The van der Waals surface area contributed by atoms with Gasteiger partial charge in [-0.25, -0.2) is 0 Å². The molecule has 19 heavy (non-hydrogen) atoms. The van der Waals surface area contributed by atoms with Gasteiger partial charge in [-0.05, 0) is 29.2 Å². The van der Waals surface area contributed by atoms with Gasteiger partial charge in [-0.3, -0.25) is 10.1 Å². The van der Waals surface area contributed by atoms with Gasteiger partial charge in [0.05, 0.1) is 4.92 Å². The van der Waals surface area contributed by atoms with E-state index in [1.165, 1.54) is 23.3 Å². The Bertz CT molecular complexity index is 597. The first-order valence-electron chi connectivity index (χ1n) is 5.67. The molecule has 0 aliphatic carbocycles. The molecule has 0 aliphatic heterocycles. The van der Waals surface area contributed by atoms with Crippen LogP contribution in [0.25, 0.3) is 0 Å². The van der Waals surface area contributed by atoms with Crippen LogP contribution >= 0.6 is 31.9 Å². The molecule has 0 fully saturated rings. The van der Waals surface area contributed by atoms with Gasteiger partial charge in [0, 0.05) is 21.9 Å². The van der Waals surface area contributed by atoms with Crippen molar-refractivity contribution in [3.05, 3.63) is 73.7 Å². The number of halogens is 2. The van der Waals surface area contributed by atoms with Crippen LogP contribution in [0.1, 0.15) is 16.7 Å². The van der Waals surface area contributed by atoms with Crippen LogP contribution < -0.4 is 0 Å². The summed E-state index contributed by atoms with van der Waals surface area (Å²) in [6.45, 7) is 0. The Morgan fingerprint density at radius 3 is 2.21 bits per heavy atom. The zero-order valence-corrected chi connectivity index (χ0v) is 13.1. The van der Waals surface area contributed by atoms with Crippen LogP contribution in [-0.4, -0.2) is 4.92 Å². The van der Waals surface area contributed by atoms with Crippen LogP contribution in [0, 0.1) is 10.1 Å². The van der Waals surface area contributed by atoms with Gasteiger partial charge < -0.3 is 0 Å². The third kappa shape index (κ3) is 3.64. The summed E-state index contributed by atoms with van der Waals surface area (Å²) in [5.41, 5.74) is 3.55. The molecule has 0 unspecified atom stereocenters. The molecule has 2 rings (SSSR count). The van der Waals surface area contributed by atoms with Crippen LogP contribution in [0.3, 0.4) is 0 Å². The van der Waals surface area contributed by atoms with Gasteiger partial charge in [-0.2, -0.15) is 0 Å². The lowest BCUT2D eigenvalue weighted by atomic mass is 10.0. The SMILES string of the molecule is O=[N+]([O-])c1ccc(Cc2ccc(CBr)cc2Br)cc1. The number of nitro benzene ring substituents is 1. The van der Waals surface area contributed by atoms with E-state index in [1.54, 1.807) is 12.1 Å². The number of benzene rings is 2. The number of hydrogen-bond acceptors (Lipinski definition) is 2. The first-order valence-corrected chi connectivity index (χ1v) is 7.58. The molecule has 0 radical (unpaired) electrons. The standard InChI is InChI=1S/C14H11Br2NO2/c15-9-11-1-4-12(14(16)8-11)7-10-2-5-13(6-3-10)17(18)19/h1-6,8H,7,9H2. The van der Waals surface area contributed by atoms with Crippen LogP contribution in [0.4, 0.5) is 5.69 Å². The predicted molar refractivity (Wildman–Crippen MR) is 82.7 cm³/mol. The zero-order chi connectivity index (χ0) is 13.8. The summed E-state index contributed by atoms with van der Waals surface area (Å²) in [5.74, 6) is 0. The number of hydrogen-bond donors (Lipinski definition) is 0. The van der Waals surface area contributed by atoms with Crippen LogP contribution in [0.2, 0.25) is 0 Å². The lowest BCUT2D eigenvalue weighted by Gasteiger charge is -2.06. The predicted octanol–water partition coefficient (Wildman–Crippen LogP) is 4.84. The second-order valence-electron chi connectivity index (χ2n) is 4.16. The molecule has 0 aliphatic rings. The average molecular weight is 385 g/mol. The average Bonchev–Trinajstić information content (AvgIpc) is 2.41. The third-order valence-electron chi connectivity index (χ3n) is 2.81. The maximum Gasteiger partial charge on any atom is 0.269 e. The summed E-state index contributed by atoms with van der Waals surface area (Å²) in [5, 5.41) is 11.4.